The summed E-state index contributed by atoms with van der Waals surface area (Å²) in [6.45, 7) is -1.42. The number of aromatic nitrogens is 1. The van der Waals surface area contributed by atoms with Crippen LogP contribution in [0.4, 0.5) is 19.0 Å². The number of amides is 1. The molecule has 0 unspecified atom stereocenters. The van der Waals surface area contributed by atoms with Crippen molar-refractivity contribution in [2.24, 2.45) is 5.92 Å². The van der Waals surface area contributed by atoms with Crippen LogP contribution >= 0.6 is 0 Å². The Morgan fingerprint density at radius 2 is 2.18 bits per heavy atom. The SMILES string of the molecule is O=C(Nc1noc2cccc(OCC(F)(F)F)c12)C1CCC1. The molecule has 22 heavy (non-hydrogen) atoms. The molecular formula is C14H13F3N2O3. The number of carbonyl (C=O) groups excluding carboxylic acids is 1. The van der Waals surface area contributed by atoms with Crippen molar-refractivity contribution in [3.63, 3.8) is 0 Å². The number of anilines is 1. The molecule has 3 rings (SSSR count). The molecule has 1 N–H and O–H groups in total. The third-order valence-corrected chi connectivity index (χ3v) is 3.57. The number of hydrogen-bond donors (Lipinski definition) is 1. The summed E-state index contributed by atoms with van der Waals surface area (Å²) in [5.74, 6) is -0.216. The predicted molar refractivity (Wildman–Crippen MR) is 71.5 cm³/mol. The molecule has 0 aliphatic heterocycles. The maximum atomic E-state index is 12.3. The van der Waals surface area contributed by atoms with E-state index in [1.54, 1.807) is 6.07 Å². The van der Waals surface area contributed by atoms with E-state index in [1.165, 1.54) is 12.1 Å². The van der Waals surface area contributed by atoms with Gasteiger partial charge in [-0.3, -0.25) is 4.79 Å². The second-order valence-corrected chi connectivity index (χ2v) is 5.18. The number of alkyl halides is 3. The fourth-order valence-electron chi connectivity index (χ4n) is 2.22. The van der Waals surface area contributed by atoms with Crippen LogP contribution in [0.2, 0.25) is 0 Å². The van der Waals surface area contributed by atoms with Gasteiger partial charge in [0.1, 0.15) is 11.1 Å². The first-order chi connectivity index (χ1) is 10.4. The van der Waals surface area contributed by atoms with Crippen LogP contribution in [0.1, 0.15) is 19.3 Å². The number of carbonyl (C=O) groups is 1. The highest BCUT2D eigenvalue weighted by Gasteiger charge is 2.30. The van der Waals surface area contributed by atoms with Crippen LogP contribution in [0.3, 0.4) is 0 Å². The zero-order chi connectivity index (χ0) is 15.7. The summed E-state index contributed by atoms with van der Waals surface area (Å²) in [6.07, 6.45) is -1.84. The van der Waals surface area contributed by atoms with E-state index in [0.29, 0.717) is 0 Å². The summed E-state index contributed by atoms with van der Waals surface area (Å²) in [5, 5.41) is 6.55. The van der Waals surface area contributed by atoms with Gasteiger partial charge in [-0.05, 0) is 25.0 Å². The zero-order valence-corrected chi connectivity index (χ0v) is 11.4. The van der Waals surface area contributed by atoms with Gasteiger partial charge < -0.3 is 14.6 Å². The van der Waals surface area contributed by atoms with Crippen LogP contribution in [0.5, 0.6) is 5.75 Å². The van der Waals surface area contributed by atoms with Gasteiger partial charge in [-0.25, -0.2) is 0 Å². The second kappa shape index (κ2) is 5.51. The van der Waals surface area contributed by atoms with Crippen LogP contribution in [-0.2, 0) is 4.79 Å². The van der Waals surface area contributed by atoms with Crippen molar-refractivity contribution in [3.8, 4) is 5.75 Å². The molecule has 0 spiro atoms. The minimum absolute atomic E-state index is 0.0278. The summed E-state index contributed by atoms with van der Waals surface area (Å²) >= 11 is 0. The summed E-state index contributed by atoms with van der Waals surface area (Å²) in [5.41, 5.74) is 0.253. The lowest BCUT2D eigenvalue weighted by Gasteiger charge is -2.23. The van der Waals surface area contributed by atoms with Gasteiger partial charge in [0.25, 0.3) is 0 Å². The van der Waals surface area contributed by atoms with Crippen molar-refractivity contribution in [1.82, 2.24) is 5.16 Å². The molecule has 118 valence electrons. The smallest absolute Gasteiger partial charge is 0.422 e. The van der Waals surface area contributed by atoms with Gasteiger partial charge in [0.2, 0.25) is 5.91 Å². The Hall–Kier alpha value is -2.25. The van der Waals surface area contributed by atoms with Gasteiger partial charge >= 0.3 is 6.18 Å². The van der Waals surface area contributed by atoms with Crippen molar-refractivity contribution in [2.75, 3.05) is 11.9 Å². The van der Waals surface area contributed by atoms with Crippen LogP contribution in [0.15, 0.2) is 22.7 Å². The zero-order valence-electron chi connectivity index (χ0n) is 11.4. The number of halogens is 3. The van der Waals surface area contributed by atoms with Gasteiger partial charge in [0.15, 0.2) is 18.0 Å². The Morgan fingerprint density at radius 1 is 1.41 bits per heavy atom. The van der Waals surface area contributed by atoms with Gasteiger partial charge in [-0.1, -0.05) is 17.6 Å². The largest absolute Gasteiger partial charge is 0.483 e. The molecule has 8 heteroatoms. The first kappa shape index (κ1) is 14.7. The van der Waals surface area contributed by atoms with Crippen LogP contribution in [0, 0.1) is 5.92 Å². The summed E-state index contributed by atoms with van der Waals surface area (Å²) in [7, 11) is 0. The topological polar surface area (TPSA) is 64.4 Å². The normalized spacial score (nSPS) is 15.6. The van der Waals surface area contributed by atoms with E-state index in [4.69, 9.17) is 9.26 Å². The summed E-state index contributed by atoms with van der Waals surface area (Å²) in [4.78, 5) is 12.0. The fourth-order valence-corrected chi connectivity index (χ4v) is 2.22. The molecule has 1 saturated carbocycles. The highest BCUT2D eigenvalue weighted by atomic mass is 19.4. The van der Waals surface area contributed by atoms with E-state index in [0.717, 1.165) is 19.3 Å². The Labute approximate surface area is 123 Å². The van der Waals surface area contributed by atoms with Gasteiger partial charge in [-0.15, -0.1) is 0 Å². The summed E-state index contributed by atoms with van der Waals surface area (Å²) < 4.78 is 46.7. The molecule has 1 amide bonds. The van der Waals surface area contributed by atoms with Crippen LogP contribution in [0.25, 0.3) is 11.0 Å². The molecule has 0 saturated heterocycles. The van der Waals surface area contributed by atoms with Gasteiger partial charge in [0.05, 0.1) is 0 Å². The van der Waals surface area contributed by atoms with E-state index in [1.807, 2.05) is 0 Å². The molecule has 1 aromatic heterocycles. The monoisotopic (exact) mass is 314 g/mol. The Kier molecular flexibility index (Phi) is 3.67. The Morgan fingerprint density at radius 3 is 2.82 bits per heavy atom. The molecule has 1 aliphatic carbocycles. The average Bonchev–Trinajstić information content (AvgIpc) is 2.77. The molecule has 0 atom stereocenters. The average molecular weight is 314 g/mol. The number of fused-ring (bicyclic) bond motifs is 1. The molecule has 0 bridgehead atoms. The molecular weight excluding hydrogens is 301 g/mol. The minimum Gasteiger partial charge on any atom is -0.483 e. The lowest BCUT2D eigenvalue weighted by Crippen LogP contribution is -2.28. The maximum absolute atomic E-state index is 12.3. The predicted octanol–water partition coefficient (Wildman–Crippen LogP) is 3.51. The molecule has 1 fully saturated rings. The molecule has 0 radical (unpaired) electrons. The maximum Gasteiger partial charge on any atom is 0.422 e. The number of rotatable bonds is 4. The molecule has 1 aromatic carbocycles. The van der Waals surface area contributed by atoms with E-state index in [9.17, 15) is 18.0 Å². The van der Waals surface area contributed by atoms with E-state index < -0.39 is 12.8 Å². The second-order valence-electron chi connectivity index (χ2n) is 5.18. The van der Waals surface area contributed by atoms with E-state index in [-0.39, 0.29) is 34.4 Å². The third-order valence-electron chi connectivity index (χ3n) is 3.57. The lowest BCUT2D eigenvalue weighted by molar-refractivity contribution is -0.153. The van der Waals surface area contributed by atoms with Crippen molar-refractivity contribution < 1.29 is 27.2 Å². The first-order valence-electron chi connectivity index (χ1n) is 6.83. The van der Waals surface area contributed by atoms with Crippen LogP contribution < -0.4 is 10.1 Å². The number of nitrogens with zero attached hydrogens (tertiary/aromatic N) is 1. The molecule has 2 aromatic rings. The van der Waals surface area contributed by atoms with Crippen LogP contribution in [-0.4, -0.2) is 23.8 Å². The lowest BCUT2D eigenvalue weighted by atomic mass is 9.85. The Bertz CT molecular complexity index is 692. The fraction of sp³-hybridized carbons (Fsp3) is 0.429. The van der Waals surface area contributed by atoms with Crippen molar-refractivity contribution >= 4 is 22.7 Å². The molecule has 1 aliphatic rings. The van der Waals surface area contributed by atoms with Crippen molar-refractivity contribution in [2.45, 2.75) is 25.4 Å². The highest BCUT2D eigenvalue weighted by molar-refractivity contribution is 6.02. The van der Waals surface area contributed by atoms with Crippen molar-refractivity contribution in [3.05, 3.63) is 18.2 Å². The van der Waals surface area contributed by atoms with E-state index >= 15 is 0 Å². The standard InChI is InChI=1S/C14H13F3N2O3/c15-14(16,17)7-21-9-5-2-6-10-11(9)12(19-22-10)18-13(20)8-3-1-4-8/h2,5-6,8H,1,3-4,7H2,(H,18,19,20). The Balaban J connectivity index is 1.85. The molecule has 1 heterocycles. The highest BCUT2D eigenvalue weighted by Crippen LogP contribution is 2.34. The minimum atomic E-state index is -4.45. The van der Waals surface area contributed by atoms with Gasteiger partial charge in [-0.2, -0.15) is 13.2 Å². The number of ether oxygens (including phenoxy) is 1. The number of benzene rings is 1. The number of hydrogen-bond acceptors (Lipinski definition) is 4. The molecule has 5 nitrogen and oxygen atoms in total. The van der Waals surface area contributed by atoms with Crippen molar-refractivity contribution in [1.29, 1.82) is 0 Å². The quantitative estimate of drug-likeness (QED) is 0.938. The number of nitrogens with one attached hydrogen (secondary N) is 1. The third kappa shape index (κ3) is 3.00. The first-order valence-corrected chi connectivity index (χ1v) is 6.83. The summed E-state index contributed by atoms with van der Waals surface area (Å²) in [6, 6.07) is 4.42. The van der Waals surface area contributed by atoms with E-state index in [2.05, 4.69) is 10.5 Å². The van der Waals surface area contributed by atoms with Gasteiger partial charge in [0, 0.05) is 5.92 Å².